The first-order valence-electron chi connectivity index (χ1n) is 5.17. The number of anilines is 1. The molecule has 2 N–H and O–H groups in total. The second-order valence-electron chi connectivity index (χ2n) is 3.08. The van der Waals surface area contributed by atoms with Crippen molar-refractivity contribution in [2.24, 2.45) is 0 Å². The fourth-order valence-electron chi connectivity index (χ4n) is 1.31. The average molecular weight is 260 g/mol. The molecule has 0 atom stereocenters. The first kappa shape index (κ1) is 13.4. The monoisotopic (exact) mass is 259 g/mol. The van der Waals surface area contributed by atoms with E-state index < -0.39 is 6.09 Å². The maximum absolute atomic E-state index is 10.5. The summed E-state index contributed by atoms with van der Waals surface area (Å²) < 4.78 is 10.7. The molecule has 0 saturated carbocycles. The summed E-state index contributed by atoms with van der Waals surface area (Å²) in [4.78, 5) is 10.5. The SMILES string of the molecule is CCOc1cc(NC(=O)O)cc(Cl)c1OCC. The Morgan fingerprint density at radius 3 is 2.53 bits per heavy atom. The summed E-state index contributed by atoms with van der Waals surface area (Å²) in [6.07, 6.45) is -1.16. The smallest absolute Gasteiger partial charge is 0.409 e. The molecule has 0 bridgehead atoms. The summed E-state index contributed by atoms with van der Waals surface area (Å²) in [5.74, 6) is 0.845. The molecular formula is C11H14ClNO4. The summed E-state index contributed by atoms with van der Waals surface area (Å²) in [7, 11) is 0. The van der Waals surface area contributed by atoms with Crippen LogP contribution in [0.1, 0.15) is 13.8 Å². The van der Waals surface area contributed by atoms with Gasteiger partial charge in [0.2, 0.25) is 0 Å². The van der Waals surface area contributed by atoms with Gasteiger partial charge in [-0.1, -0.05) is 11.6 Å². The lowest BCUT2D eigenvalue weighted by atomic mass is 10.2. The zero-order valence-corrected chi connectivity index (χ0v) is 10.4. The Labute approximate surface area is 104 Å². The van der Waals surface area contributed by atoms with Crippen molar-refractivity contribution in [3.8, 4) is 11.5 Å². The molecule has 0 aliphatic heterocycles. The Morgan fingerprint density at radius 1 is 1.35 bits per heavy atom. The number of carbonyl (C=O) groups is 1. The van der Waals surface area contributed by atoms with Crippen molar-refractivity contribution in [3.05, 3.63) is 17.2 Å². The third kappa shape index (κ3) is 3.71. The molecule has 0 saturated heterocycles. The second kappa shape index (κ2) is 6.20. The minimum absolute atomic E-state index is 0.307. The molecule has 1 rings (SSSR count). The lowest BCUT2D eigenvalue weighted by Crippen LogP contribution is -2.08. The fourth-order valence-corrected chi connectivity index (χ4v) is 1.58. The van der Waals surface area contributed by atoms with E-state index in [2.05, 4.69) is 5.32 Å². The van der Waals surface area contributed by atoms with Crippen LogP contribution >= 0.6 is 11.6 Å². The molecule has 0 spiro atoms. The van der Waals surface area contributed by atoms with E-state index in [-0.39, 0.29) is 0 Å². The largest absolute Gasteiger partial charge is 0.490 e. The van der Waals surface area contributed by atoms with Gasteiger partial charge in [0.25, 0.3) is 0 Å². The van der Waals surface area contributed by atoms with Gasteiger partial charge in [-0.3, -0.25) is 5.32 Å². The van der Waals surface area contributed by atoms with Gasteiger partial charge in [-0.25, -0.2) is 4.79 Å². The Morgan fingerprint density at radius 2 is 2.00 bits per heavy atom. The highest BCUT2D eigenvalue weighted by Gasteiger charge is 2.13. The van der Waals surface area contributed by atoms with Crippen molar-refractivity contribution in [2.75, 3.05) is 18.5 Å². The first-order valence-corrected chi connectivity index (χ1v) is 5.55. The van der Waals surface area contributed by atoms with E-state index in [1.54, 1.807) is 0 Å². The Balaban J connectivity index is 3.10. The van der Waals surface area contributed by atoms with Crippen LogP contribution in [0.25, 0.3) is 0 Å². The lowest BCUT2D eigenvalue weighted by molar-refractivity contribution is 0.209. The molecule has 6 heteroatoms. The Bertz CT molecular complexity index is 409. The van der Waals surface area contributed by atoms with Crippen LogP contribution in [0.3, 0.4) is 0 Å². The number of halogens is 1. The van der Waals surface area contributed by atoms with Gasteiger partial charge in [-0.05, 0) is 19.9 Å². The minimum Gasteiger partial charge on any atom is -0.490 e. The summed E-state index contributed by atoms with van der Waals surface area (Å²) in [5, 5.41) is 11.1. The average Bonchev–Trinajstić information content (AvgIpc) is 2.22. The predicted molar refractivity (Wildman–Crippen MR) is 65.4 cm³/mol. The van der Waals surface area contributed by atoms with Gasteiger partial charge in [-0.2, -0.15) is 0 Å². The zero-order valence-electron chi connectivity index (χ0n) is 9.62. The number of nitrogens with one attached hydrogen (secondary N) is 1. The van der Waals surface area contributed by atoms with E-state index in [1.807, 2.05) is 13.8 Å². The van der Waals surface area contributed by atoms with Gasteiger partial charge in [0.1, 0.15) is 0 Å². The molecule has 0 fully saturated rings. The maximum atomic E-state index is 10.5. The highest BCUT2D eigenvalue weighted by atomic mass is 35.5. The van der Waals surface area contributed by atoms with Crippen LogP contribution < -0.4 is 14.8 Å². The number of amides is 1. The molecule has 17 heavy (non-hydrogen) atoms. The van der Waals surface area contributed by atoms with Crippen LogP contribution in [0.15, 0.2) is 12.1 Å². The quantitative estimate of drug-likeness (QED) is 0.852. The van der Waals surface area contributed by atoms with Gasteiger partial charge >= 0.3 is 6.09 Å². The molecular weight excluding hydrogens is 246 g/mol. The number of carboxylic acid groups (broad SMARTS) is 1. The van der Waals surface area contributed by atoms with E-state index in [9.17, 15) is 4.79 Å². The number of hydrogen-bond acceptors (Lipinski definition) is 3. The van der Waals surface area contributed by atoms with Crippen molar-refractivity contribution in [1.29, 1.82) is 0 Å². The van der Waals surface area contributed by atoms with Crippen molar-refractivity contribution in [3.63, 3.8) is 0 Å². The van der Waals surface area contributed by atoms with Crippen molar-refractivity contribution in [2.45, 2.75) is 13.8 Å². The van der Waals surface area contributed by atoms with Crippen LogP contribution in [-0.2, 0) is 0 Å². The summed E-state index contributed by atoms with van der Waals surface area (Å²) in [6, 6.07) is 3.01. The molecule has 0 aliphatic carbocycles. The number of benzene rings is 1. The summed E-state index contributed by atoms with van der Waals surface area (Å²) in [5.41, 5.74) is 0.342. The minimum atomic E-state index is -1.16. The van der Waals surface area contributed by atoms with Gasteiger partial charge in [-0.15, -0.1) is 0 Å². The predicted octanol–water partition coefficient (Wildman–Crippen LogP) is 3.23. The third-order valence-electron chi connectivity index (χ3n) is 1.85. The number of ether oxygens (including phenoxy) is 2. The zero-order chi connectivity index (χ0) is 12.8. The van der Waals surface area contributed by atoms with E-state index in [1.165, 1.54) is 12.1 Å². The van der Waals surface area contributed by atoms with Crippen LogP contribution in [0.5, 0.6) is 11.5 Å². The van der Waals surface area contributed by atoms with Crippen LogP contribution in [-0.4, -0.2) is 24.4 Å². The molecule has 1 amide bonds. The van der Waals surface area contributed by atoms with Gasteiger partial charge < -0.3 is 14.6 Å². The van der Waals surface area contributed by atoms with Crippen LogP contribution in [0.2, 0.25) is 5.02 Å². The molecule has 5 nitrogen and oxygen atoms in total. The number of rotatable bonds is 5. The topological polar surface area (TPSA) is 67.8 Å². The van der Waals surface area contributed by atoms with Gasteiger partial charge in [0, 0.05) is 11.8 Å². The van der Waals surface area contributed by atoms with Crippen LogP contribution in [0, 0.1) is 0 Å². The lowest BCUT2D eigenvalue weighted by Gasteiger charge is -2.14. The Kier molecular flexibility index (Phi) is 4.90. The van der Waals surface area contributed by atoms with E-state index >= 15 is 0 Å². The highest BCUT2D eigenvalue weighted by molar-refractivity contribution is 6.32. The van der Waals surface area contributed by atoms with E-state index in [4.69, 9.17) is 26.2 Å². The van der Waals surface area contributed by atoms with Gasteiger partial charge in [0.05, 0.1) is 18.2 Å². The normalized spacial score (nSPS) is 9.82. The van der Waals surface area contributed by atoms with Gasteiger partial charge in [0.15, 0.2) is 11.5 Å². The molecule has 0 radical (unpaired) electrons. The van der Waals surface area contributed by atoms with E-state index in [0.29, 0.717) is 35.4 Å². The molecule has 1 aromatic carbocycles. The van der Waals surface area contributed by atoms with Crippen molar-refractivity contribution in [1.82, 2.24) is 0 Å². The molecule has 0 aromatic heterocycles. The molecule has 94 valence electrons. The third-order valence-corrected chi connectivity index (χ3v) is 2.13. The summed E-state index contributed by atoms with van der Waals surface area (Å²) >= 11 is 5.99. The van der Waals surface area contributed by atoms with Crippen molar-refractivity contribution < 1.29 is 19.4 Å². The maximum Gasteiger partial charge on any atom is 0.409 e. The number of hydrogen-bond donors (Lipinski definition) is 2. The standard InChI is InChI=1S/C11H14ClNO4/c1-3-16-9-6-7(13-11(14)15)5-8(12)10(9)17-4-2/h5-6,13H,3-4H2,1-2H3,(H,14,15). The van der Waals surface area contributed by atoms with E-state index in [0.717, 1.165) is 0 Å². The van der Waals surface area contributed by atoms with Crippen molar-refractivity contribution >= 4 is 23.4 Å². The first-order chi connectivity index (χ1) is 8.08. The fraction of sp³-hybridized carbons (Fsp3) is 0.364. The highest BCUT2D eigenvalue weighted by Crippen LogP contribution is 2.38. The molecule has 0 heterocycles. The molecule has 0 unspecified atom stereocenters. The second-order valence-corrected chi connectivity index (χ2v) is 3.49. The summed E-state index contributed by atoms with van der Waals surface area (Å²) in [6.45, 7) is 4.54. The Hall–Kier alpha value is -1.62. The molecule has 1 aromatic rings. The van der Waals surface area contributed by atoms with Crippen LogP contribution in [0.4, 0.5) is 10.5 Å². The molecule has 0 aliphatic rings.